The van der Waals surface area contributed by atoms with E-state index in [2.05, 4.69) is 4.74 Å². The van der Waals surface area contributed by atoms with Crippen LogP contribution >= 0.6 is 0 Å². The topological polar surface area (TPSA) is 80.7 Å². The second-order valence-corrected chi connectivity index (χ2v) is 9.71. The van der Waals surface area contributed by atoms with Crippen LogP contribution < -0.4 is 0 Å². The van der Waals surface area contributed by atoms with E-state index >= 15 is 0 Å². The molecule has 5 nitrogen and oxygen atoms in total. The van der Waals surface area contributed by atoms with Gasteiger partial charge in [-0.3, -0.25) is 4.55 Å². The Balaban J connectivity index is 1.88. The molecule has 12 heteroatoms. The van der Waals surface area contributed by atoms with Crippen molar-refractivity contribution in [2.75, 3.05) is 6.61 Å². The number of rotatable bonds is 4. The molecule has 4 saturated carbocycles. The Hall–Kier alpha value is -1.04. The van der Waals surface area contributed by atoms with Gasteiger partial charge in [-0.1, -0.05) is 0 Å². The van der Waals surface area contributed by atoms with Gasteiger partial charge in [0, 0.05) is 5.41 Å². The largest absolute Gasteiger partial charge is 0.463 e. The molecule has 4 aliphatic carbocycles. The third kappa shape index (κ3) is 3.12. The van der Waals surface area contributed by atoms with Crippen LogP contribution in [0.2, 0.25) is 0 Å². The molecular weight excluding hydrogens is 406 g/mol. The third-order valence-electron chi connectivity index (χ3n) is 6.15. The molecule has 0 saturated heterocycles. The van der Waals surface area contributed by atoms with E-state index in [0.717, 1.165) is 19.3 Å². The highest BCUT2D eigenvalue weighted by Crippen LogP contribution is 2.60. The van der Waals surface area contributed by atoms with Crippen LogP contribution in [0, 0.1) is 23.2 Å². The van der Waals surface area contributed by atoms with E-state index in [1.807, 2.05) is 0 Å². The predicted octanol–water partition coefficient (Wildman–Crippen LogP) is 3.50. The first-order valence-electron chi connectivity index (χ1n) is 8.39. The van der Waals surface area contributed by atoms with Crippen molar-refractivity contribution in [3.05, 3.63) is 0 Å². The summed E-state index contributed by atoms with van der Waals surface area (Å²) in [5, 5.41) is 0. The molecule has 0 aromatic rings. The Morgan fingerprint density at radius 1 is 0.926 bits per heavy atom. The lowest BCUT2D eigenvalue weighted by Crippen LogP contribution is -2.67. The van der Waals surface area contributed by atoms with Crippen molar-refractivity contribution in [1.29, 1.82) is 0 Å². The average molecular weight is 424 g/mol. The highest BCUT2D eigenvalue weighted by molar-refractivity contribution is 7.88. The van der Waals surface area contributed by atoms with E-state index in [4.69, 9.17) is 4.55 Å². The van der Waals surface area contributed by atoms with E-state index in [9.17, 15) is 39.6 Å². The summed E-state index contributed by atoms with van der Waals surface area (Å²) in [5.74, 6) is -2.20. The first-order valence-corrected chi connectivity index (χ1v) is 9.83. The fourth-order valence-electron chi connectivity index (χ4n) is 5.58. The molecule has 156 valence electrons. The SMILES string of the molecule is O=C(OCC12CC3CC(CC(C3)C1)C2)C(C(F)(F)F)(C(F)(F)F)S(=O)(=O)O. The summed E-state index contributed by atoms with van der Waals surface area (Å²) >= 11 is 0. The zero-order valence-corrected chi connectivity index (χ0v) is 14.8. The van der Waals surface area contributed by atoms with Crippen LogP contribution in [0.3, 0.4) is 0 Å². The number of ether oxygens (including phenoxy) is 1. The minimum atomic E-state index is -6.94. The second-order valence-electron chi connectivity index (χ2n) is 8.15. The van der Waals surface area contributed by atoms with Crippen molar-refractivity contribution in [3.8, 4) is 0 Å². The summed E-state index contributed by atoms with van der Waals surface area (Å²) in [5.41, 5.74) is -0.730. The zero-order chi connectivity index (χ0) is 20.5. The highest BCUT2D eigenvalue weighted by Gasteiger charge is 2.85. The third-order valence-corrected chi connectivity index (χ3v) is 7.55. The number of carbonyl (C=O) groups is 1. The van der Waals surface area contributed by atoms with Crippen LogP contribution in [0.4, 0.5) is 26.3 Å². The van der Waals surface area contributed by atoms with Gasteiger partial charge in [-0.05, 0) is 56.3 Å². The first kappa shape index (κ1) is 20.7. The lowest BCUT2D eigenvalue weighted by Gasteiger charge is -2.56. The standard InChI is InChI=1S/C15H18F6O5S/c16-14(17,18)13(15(19,20)21,27(23,24)25)11(22)26-7-12-4-8-1-9(5-12)3-10(2-8)6-12/h8-10H,1-7H2,(H,23,24,25). The van der Waals surface area contributed by atoms with Crippen molar-refractivity contribution < 1.29 is 48.8 Å². The molecule has 0 atom stereocenters. The smallest absolute Gasteiger partial charge is 0.430 e. The molecule has 4 bridgehead atoms. The summed E-state index contributed by atoms with van der Waals surface area (Å²) < 4.78 is 108. The maximum absolute atomic E-state index is 13.1. The van der Waals surface area contributed by atoms with E-state index in [1.165, 1.54) is 0 Å². The monoisotopic (exact) mass is 424 g/mol. The van der Waals surface area contributed by atoms with Crippen molar-refractivity contribution in [3.63, 3.8) is 0 Å². The Morgan fingerprint density at radius 3 is 1.59 bits per heavy atom. The van der Waals surface area contributed by atoms with Gasteiger partial charge in [-0.15, -0.1) is 0 Å². The molecule has 0 amide bonds. The molecule has 0 spiro atoms. The number of carbonyl (C=O) groups excluding carboxylic acids is 1. The molecule has 0 aromatic carbocycles. The van der Waals surface area contributed by atoms with Crippen LogP contribution in [0.5, 0.6) is 0 Å². The van der Waals surface area contributed by atoms with Crippen molar-refractivity contribution in [2.24, 2.45) is 23.2 Å². The van der Waals surface area contributed by atoms with Gasteiger partial charge in [0.2, 0.25) is 0 Å². The zero-order valence-electron chi connectivity index (χ0n) is 13.9. The van der Waals surface area contributed by atoms with Crippen molar-refractivity contribution in [1.82, 2.24) is 0 Å². The van der Waals surface area contributed by atoms with Crippen LogP contribution in [0.25, 0.3) is 0 Å². The Kier molecular flexibility index (Phi) is 4.58. The van der Waals surface area contributed by atoms with Crippen LogP contribution in [0.1, 0.15) is 38.5 Å². The maximum atomic E-state index is 13.1. The number of halogens is 6. The van der Waals surface area contributed by atoms with E-state index < -0.39 is 45.2 Å². The molecule has 0 radical (unpaired) electrons. The molecule has 4 rings (SSSR count). The van der Waals surface area contributed by atoms with Crippen molar-refractivity contribution >= 4 is 16.1 Å². The van der Waals surface area contributed by atoms with Crippen molar-refractivity contribution in [2.45, 2.75) is 55.6 Å². The molecule has 0 aromatic heterocycles. The lowest BCUT2D eigenvalue weighted by molar-refractivity contribution is -0.270. The maximum Gasteiger partial charge on any atom is 0.430 e. The lowest BCUT2D eigenvalue weighted by atomic mass is 9.50. The molecule has 0 heterocycles. The molecule has 4 aliphatic rings. The Labute approximate surface area is 151 Å². The average Bonchev–Trinajstić information content (AvgIpc) is 2.39. The number of esters is 1. The van der Waals surface area contributed by atoms with E-state index in [1.54, 1.807) is 0 Å². The Bertz CT molecular complexity index is 677. The number of hydrogen-bond donors (Lipinski definition) is 1. The van der Waals surface area contributed by atoms with Gasteiger partial charge >= 0.3 is 33.2 Å². The first-order chi connectivity index (χ1) is 12.1. The molecule has 1 N–H and O–H groups in total. The predicted molar refractivity (Wildman–Crippen MR) is 78.0 cm³/mol. The molecule has 0 aliphatic heterocycles. The molecule has 27 heavy (non-hydrogen) atoms. The quantitative estimate of drug-likeness (QED) is 0.425. The van der Waals surface area contributed by atoms with Gasteiger partial charge < -0.3 is 4.74 Å². The van der Waals surface area contributed by atoms with Gasteiger partial charge in [-0.25, -0.2) is 4.79 Å². The van der Waals surface area contributed by atoms with E-state index in [-0.39, 0.29) is 17.8 Å². The summed E-state index contributed by atoms with van der Waals surface area (Å²) in [6.45, 7) is -0.723. The fourth-order valence-corrected chi connectivity index (χ4v) is 6.43. The summed E-state index contributed by atoms with van der Waals surface area (Å²) in [6.07, 6.45) is -8.92. The minimum absolute atomic E-state index is 0.284. The van der Waals surface area contributed by atoms with Crippen LogP contribution in [-0.4, -0.2) is 42.6 Å². The summed E-state index contributed by atoms with van der Waals surface area (Å²) in [6, 6.07) is 0. The number of alkyl halides is 6. The fraction of sp³-hybridized carbons (Fsp3) is 0.933. The van der Waals surface area contributed by atoms with Gasteiger partial charge in [0.15, 0.2) is 0 Å². The highest BCUT2D eigenvalue weighted by atomic mass is 32.2. The van der Waals surface area contributed by atoms with Gasteiger partial charge in [0.05, 0.1) is 6.61 Å². The Morgan fingerprint density at radius 2 is 1.30 bits per heavy atom. The van der Waals surface area contributed by atoms with Crippen LogP contribution in [-0.2, 0) is 19.6 Å². The minimum Gasteiger partial charge on any atom is -0.463 e. The summed E-state index contributed by atoms with van der Waals surface area (Å²) in [7, 11) is -6.94. The second kappa shape index (κ2) is 5.98. The van der Waals surface area contributed by atoms with Gasteiger partial charge in [0.1, 0.15) is 0 Å². The molecular formula is C15H18F6O5S. The van der Waals surface area contributed by atoms with Gasteiger partial charge in [0.25, 0.3) is 0 Å². The molecule has 4 fully saturated rings. The van der Waals surface area contributed by atoms with E-state index in [0.29, 0.717) is 19.3 Å². The van der Waals surface area contributed by atoms with Crippen LogP contribution in [0.15, 0.2) is 0 Å². The van der Waals surface area contributed by atoms with Gasteiger partial charge in [-0.2, -0.15) is 34.8 Å². The number of hydrogen-bond acceptors (Lipinski definition) is 4. The summed E-state index contributed by atoms with van der Waals surface area (Å²) in [4.78, 5) is 11.9. The normalized spacial score (nSPS) is 34.0. The molecule has 0 unspecified atom stereocenters.